The quantitative estimate of drug-likeness (QED) is 0.828. The van der Waals surface area contributed by atoms with E-state index in [0.717, 1.165) is 0 Å². The number of hydrogen-bond acceptors (Lipinski definition) is 3. The Balaban J connectivity index is 2.02. The van der Waals surface area contributed by atoms with Gasteiger partial charge in [-0.2, -0.15) is 0 Å². The molecule has 2 aromatic rings. The van der Waals surface area contributed by atoms with Crippen molar-refractivity contribution in [3.8, 4) is 5.75 Å². The molecule has 0 fully saturated rings. The molecule has 0 bridgehead atoms. The molecule has 0 spiro atoms. The van der Waals surface area contributed by atoms with Crippen LogP contribution in [-0.4, -0.2) is 23.5 Å². The molecule has 4 nitrogen and oxygen atoms in total. The van der Waals surface area contributed by atoms with E-state index in [1.807, 2.05) is 18.2 Å². The molecule has 1 unspecified atom stereocenters. The molecular formula is C17H16O4. The topological polar surface area (TPSA) is 63.6 Å². The molecule has 1 atom stereocenters. The Hall–Kier alpha value is -2.62. The first-order valence-corrected chi connectivity index (χ1v) is 6.63. The third-order valence-electron chi connectivity index (χ3n) is 3.07. The van der Waals surface area contributed by atoms with Gasteiger partial charge in [0.15, 0.2) is 5.78 Å². The number of aliphatic carboxylic acids is 1. The van der Waals surface area contributed by atoms with Gasteiger partial charge in [0.05, 0.1) is 5.92 Å². The predicted octanol–water partition coefficient (Wildman–Crippen LogP) is 3.02. The molecule has 0 saturated carbocycles. The highest BCUT2D eigenvalue weighted by molar-refractivity contribution is 6.08. The average Bonchev–Trinajstić information content (AvgIpc) is 2.53. The molecule has 0 aliphatic carbocycles. The van der Waals surface area contributed by atoms with Gasteiger partial charge in [0.1, 0.15) is 12.4 Å². The highest BCUT2D eigenvalue weighted by Gasteiger charge is 2.12. The number of ether oxygens (including phenoxy) is 1. The summed E-state index contributed by atoms with van der Waals surface area (Å²) >= 11 is 0. The van der Waals surface area contributed by atoms with Crippen LogP contribution < -0.4 is 4.74 Å². The van der Waals surface area contributed by atoms with Crippen molar-refractivity contribution in [3.63, 3.8) is 0 Å². The van der Waals surface area contributed by atoms with Gasteiger partial charge in [-0.15, -0.1) is 0 Å². The number of carboxylic acids is 1. The summed E-state index contributed by atoms with van der Waals surface area (Å²) in [4.78, 5) is 22.9. The Kier molecular flexibility index (Phi) is 4.72. The molecule has 0 amide bonds. The van der Waals surface area contributed by atoms with Gasteiger partial charge >= 0.3 is 5.97 Å². The normalized spacial score (nSPS) is 11.7. The molecule has 0 aromatic heterocycles. The summed E-state index contributed by atoms with van der Waals surface area (Å²) in [6, 6.07) is 15.7. The first-order valence-electron chi connectivity index (χ1n) is 6.63. The van der Waals surface area contributed by atoms with Crippen LogP contribution >= 0.6 is 0 Å². The van der Waals surface area contributed by atoms with Crippen LogP contribution in [0.4, 0.5) is 0 Å². The van der Waals surface area contributed by atoms with Crippen LogP contribution in [0.3, 0.4) is 0 Å². The minimum atomic E-state index is -0.897. The second kappa shape index (κ2) is 6.70. The number of hydrogen-bond donors (Lipinski definition) is 1. The summed E-state index contributed by atoms with van der Waals surface area (Å²) in [7, 11) is 0. The largest absolute Gasteiger partial charge is 0.493 e. The van der Waals surface area contributed by atoms with Crippen molar-refractivity contribution in [2.75, 3.05) is 6.61 Å². The number of ketones is 1. The summed E-state index contributed by atoms with van der Waals surface area (Å²) in [6.07, 6.45) is 0. The smallest absolute Gasteiger partial charge is 0.309 e. The van der Waals surface area contributed by atoms with Crippen molar-refractivity contribution in [2.45, 2.75) is 6.92 Å². The Morgan fingerprint density at radius 3 is 2.14 bits per heavy atom. The van der Waals surface area contributed by atoms with Gasteiger partial charge in [-0.25, -0.2) is 0 Å². The Morgan fingerprint density at radius 2 is 1.57 bits per heavy atom. The fourth-order valence-corrected chi connectivity index (χ4v) is 1.75. The fraction of sp³-hybridized carbons (Fsp3) is 0.176. The molecule has 2 aromatic carbocycles. The van der Waals surface area contributed by atoms with Crippen LogP contribution in [0.15, 0.2) is 54.6 Å². The maximum absolute atomic E-state index is 12.2. The van der Waals surface area contributed by atoms with Crippen LogP contribution in [-0.2, 0) is 4.79 Å². The van der Waals surface area contributed by atoms with E-state index in [0.29, 0.717) is 16.9 Å². The number of carbonyl (C=O) groups excluding carboxylic acids is 1. The minimum Gasteiger partial charge on any atom is -0.493 e. The summed E-state index contributed by atoms with van der Waals surface area (Å²) in [5.74, 6) is -0.977. The third kappa shape index (κ3) is 3.92. The van der Waals surface area contributed by atoms with E-state index in [1.165, 1.54) is 0 Å². The molecule has 0 radical (unpaired) electrons. The first-order chi connectivity index (χ1) is 10.1. The van der Waals surface area contributed by atoms with Crippen molar-refractivity contribution >= 4 is 11.8 Å². The van der Waals surface area contributed by atoms with E-state index in [4.69, 9.17) is 9.84 Å². The van der Waals surface area contributed by atoms with Crippen LogP contribution in [0.1, 0.15) is 22.8 Å². The van der Waals surface area contributed by atoms with Gasteiger partial charge in [0.2, 0.25) is 0 Å². The second-order valence-corrected chi connectivity index (χ2v) is 4.77. The highest BCUT2D eigenvalue weighted by Crippen LogP contribution is 2.16. The van der Waals surface area contributed by atoms with Gasteiger partial charge < -0.3 is 9.84 Å². The molecule has 108 valence electrons. The van der Waals surface area contributed by atoms with E-state index in [9.17, 15) is 9.59 Å². The zero-order chi connectivity index (χ0) is 15.2. The second-order valence-electron chi connectivity index (χ2n) is 4.77. The molecule has 4 heteroatoms. The van der Waals surface area contributed by atoms with Gasteiger partial charge in [-0.3, -0.25) is 9.59 Å². The predicted molar refractivity (Wildman–Crippen MR) is 78.6 cm³/mol. The lowest BCUT2D eigenvalue weighted by Crippen LogP contribution is -2.17. The first kappa shape index (κ1) is 14.8. The Morgan fingerprint density at radius 1 is 1.00 bits per heavy atom. The van der Waals surface area contributed by atoms with E-state index in [1.54, 1.807) is 43.3 Å². The number of carboxylic acid groups (broad SMARTS) is 1. The summed E-state index contributed by atoms with van der Waals surface area (Å²) in [6.45, 7) is 1.68. The minimum absolute atomic E-state index is 0.0546. The summed E-state index contributed by atoms with van der Waals surface area (Å²) < 4.78 is 5.38. The molecule has 2 rings (SSSR count). The Bertz CT molecular complexity index is 617. The van der Waals surface area contributed by atoms with Gasteiger partial charge in [0, 0.05) is 11.1 Å². The van der Waals surface area contributed by atoms with Crippen LogP contribution in [0, 0.1) is 5.92 Å². The zero-order valence-electron chi connectivity index (χ0n) is 11.7. The van der Waals surface area contributed by atoms with E-state index < -0.39 is 11.9 Å². The van der Waals surface area contributed by atoms with Crippen molar-refractivity contribution in [2.24, 2.45) is 5.92 Å². The molecule has 1 N–H and O–H groups in total. The molecule has 21 heavy (non-hydrogen) atoms. The number of benzene rings is 2. The van der Waals surface area contributed by atoms with Crippen LogP contribution in [0.5, 0.6) is 5.75 Å². The van der Waals surface area contributed by atoms with Gasteiger partial charge in [-0.1, -0.05) is 30.3 Å². The lowest BCUT2D eigenvalue weighted by atomic mass is 10.0. The van der Waals surface area contributed by atoms with Gasteiger partial charge in [0.25, 0.3) is 0 Å². The summed E-state index contributed by atoms with van der Waals surface area (Å²) in [5, 5.41) is 8.78. The van der Waals surface area contributed by atoms with Crippen molar-refractivity contribution in [3.05, 3.63) is 65.7 Å². The average molecular weight is 284 g/mol. The SMILES string of the molecule is CC(COc1ccc(C(=O)c2ccccc2)cc1)C(=O)O. The van der Waals surface area contributed by atoms with E-state index in [2.05, 4.69) is 0 Å². The molecule has 0 heterocycles. The number of carbonyl (C=O) groups is 2. The van der Waals surface area contributed by atoms with Crippen LogP contribution in [0.2, 0.25) is 0 Å². The molecule has 0 saturated heterocycles. The van der Waals surface area contributed by atoms with E-state index >= 15 is 0 Å². The lowest BCUT2D eigenvalue weighted by Gasteiger charge is -2.09. The van der Waals surface area contributed by atoms with Crippen molar-refractivity contribution in [1.29, 1.82) is 0 Å². The maximum Gasteiger partial charge on any atom is 0.309 e. The van der Waals surface area contributed by atoms with Crippen molar-refractivity contribution < 1.29 is 19.4 Å². The maximum atomic E-state index is 12.2. The highest BCUT2D eigenvalue weighted by atomic mass is 16.5. The number of rotatable bonds is 6. The monoisotopic (exact) mass is 284 g/mol. The lowest BCUT2D eigenvalue weighted by molar-refractivity contribution is -0.142. The van der Waals surface area contributed by atoms with Crippen molar-refractivity contribution in [1.82, 2.24) is 0 Å². The molecule has 0 aliphatic rings. The molecule has 0 aliphatic heterocycles. The van der Waals surface area contributed by atoms with Crippen LogP contribution in [0.25, 0.3) is 0 Å². The Labute approximate surface area is 123 Å². The molecular weight excluding hydrogens is 268 g/mol. The van der Waals surface area contributed by atoms with Gasteiger partial charge in [-0.05, 0) is 31.2 Å². The zero-order valence-corrected chi connectivity index (χ0v) is 11.7. The van der Waals surface area contributed by atoms with E-state index in [-0.39, 0.29) is 12.4 Å². The standard InChI is InChI=1S/C17H16O4/c1-12(17(19)20)11-21-15-9-7-14(8-10-15)16(18)13-5-3-2-4-6-13/h2-10,12H,11H2,1H3,(H,19,20). The summed E-state index contributed by atoms with van der Waals surface area (Å²) in [5.41, 5.74) is 1.20. The third-order valence-corrected chi connectivity index (χ3v) is 3.07. The fourth-order valence-electron chi connectivity index (χ4n) is 1.75.